The molecule has 1 aromatic heterocycles. The summed E-state index contributed by atoms with van der Waals surface area (Å²) in [6, 6.07) is 0.184. The summed E-state index contributed by atoms with van der Waals surface area (Å²) >= 11 is 6.73. The number of nitrogens with one attached hydrogen (secondary N) is 1. The highest BCUT2D eigenvalue weighted by atomic mass is 35.5. The van der Waals surface area contributed by atoms with Crippen LogP contribution < -0.4 is 15.6 Å². The molecule has 0 spiro atoms. The molecule has 0 bridgehead atoms. The first kappa shape index (κ1) is 24.5. The number of carbonyl (C=O) groups is 1. The van der Waals surface area contributed by atoms with Gasteiger partial charge in [-0.05, 0) is 46.0 Å². The van der Waals surface area contributed by atoms with E-state index in [4.69, 9.17) is 16.3 Å². The maximum atomic E-state index is 15.5. The van der Waals surface area contributed by atoms with Crippen LogP contribution in [-0.2, 0) is 4.74 Å². The zero-order chi connectivity index (χ0) is 23.7. The van der Waals surface area contributed by atoms with Crippen LogP contribution in [0.5, 0.6) is 0 Å². The van der Waals surface area contributed by atoms with Crippen LogP contribution in [0.2, 0.25) is 5.02 Å². The van der Waals surface area contributed by atoms with Gasteiger partial charge in [-0.1, -0.05) is 18.5 Å². The van der Waals surface area contributed by atoms with E-state index in [-0.39, 0.29) is 33.5 Å². The van der Waals surface area contributed by atoms with Gasteiger partial charge in [-0.2, -0.15) is 0 Å². The lowest BCUT2D eigenvalue weighted by molar-refractivity contribution is 0.101. The van der Waals surface area contributed by atoms with Gasteiger partial charge in [0.05, 0.1) is 39.0 Å². The second-order valence-corrected chi connectivity index (χ2v) is 9.39. The number of ketones is 1. The van der Waals surface area contributed by atoms with Crippen molar-refractivity contribution in [3.8, 4) is 0 Å². The van der Waals surface area contributed by atoms with Gasteiger partial charge in [0.25, 0.3) is 0 Å². The van der Waals surface area contributed by atoms with Crippen molar-refractivity contribution in [2.24, 2.45) is 5.92 Å². The summed E-state index contributed by atoms with van der Waals surface area (Å²) in [7, 11) is 3.29. The number of nitrogens with zero attached hydrogens (tertiary/aromatic N) is 2. The Labute approximate surface area is 193 Å². The highest BCUT2D eigenvalue weighted by Gasteiger charge is 2.33. The fourth-order valence-electron chi connectivity index (χ4n) is 4.07. The maximum Gasteiger partial charge on any atom is 0.202 e. The van der Waals surface area contributed by atoms with Crippen LogP contribution in [0.25, 0.3) is 10.9 Å². The number of fused-ring (bicyclic) bond motifs is 1. The largest absolute Gasteiger partial charge is 0.385 e. The summed E-state index contributed by atoms with van der Waals surface area (Å²) in [6.07, 6.45) is 4.86. The second kappa shape index (κ2) is 9.79. The van der Waals surface area contributed by atoms with E-state index in [9.17, 15) is 9.59 Å². The van der Waals surface area contributed by atoms with E-state index in [2.05, 4.69) is 12.2 Å². The number of anilines is 2. The number of hydrogen-bond acceptors (Lipinski definition) is 5. The first-order chi connectivity index (χ1) is 15.1. The molecule has 1 aliphatic heterocycles. The molecule has 2 fully saturated rings. The Morgan fingerprint density at radius 2 is 1.94 bits per heavy atom. The van der Waals surface area contributed by atoms with Crippen molar-refractivity contribution in [2.75, 3.05) is 37.5 Å². The zero-order valence-electron chi connectivity index (χ0n) is 19.7. The van der Waals surface area contributed by atoms with E-state index in [1.54, 1.807) is 20.4 Å². The number of pyridine rings is 1. The number of halogens is 2. The van der Waals surface area contributed by atoms with E-state index in [0.717, 1.165) is 32.4 Å². The number of methoxy groups -OCH3 is 1. The van der Waals surface area contributed by atoms with Crippen molar-refractivity contribution in [1.29, 1.82) is 0 Å². The number of aromatic nitrogens is 1. The minimum absolute atomic E-state index is 0.0731. The molecular formula is C24H33ClFN3O3. The highest BCUT2D eigenvalue weighted by Crippen LogP contribution is 2.45. The fourth-order valence-corrected chi connectivity index (χ4v) is 4.46. The Hall–Kier alpha value is -2.12. The Bertz CT molecular complexity index is 1080. The summed E-state index contributed by atoms with van der Waals surface area (Å²) in [6.45, 7) is 8.94. The highest BCUT2D eigenvalue weighted by molar-refractivity contribution is 6.38. The average molecular weight is 466 g/mol. The predicted octanol–water partition coefficient (Wildman–Crippen LogP) is 5.26. The fraction of sp³-hybridized carbons (Fsp3) is 0.583. The van der Waals surface area contributed by atoms with Gasteiger partial charge >= 0.3 is 0 Å². The number of ether oxygens (including phenoxy) is 1. The molecule has 2 aromatic rings. The second-order valence-electron chi connectivity index (χ2n) is 9.02. The van der Waals surface area contributed by atoms with Crippen LogP contribution in [0.1, 0.15) is 63.4 Å². The van der Waals surface area contributed by atoms with Crippen LogP contribution in [0, 0.1) is 11.7 Å². The van der Waals surface area contributed by atoms with Gasteiger partial charge in [0.2, 0.25) is 5.43 Å². The van der Waals surface area contributed by atoms with E-state index in [1.165, 1.54) is 6.92 Å². The molecule has 2 aliphatic rings. The van der Waals surface area contributed by atoms with Gasteiger partial charge in [0, 0.05) is 39.5 Å². The van der Waals surface area contributed by atoms with Crippen molar-refractivity contribution >= 4 is 39.7 Å². The topological polar surface area (TPSA) is 63.6 Å². The molecule has 1 aromatic carbocycles. The quantitative estimate of drug-likeness (QED) is 0.610. The Morgan fingerprint density at radius 1 is 1.31 bits per heavy atom. The van der Waals surface area contributed by atoms with Gasteiger partial charge in [0.1, 0.15) is 0 Å². The smallest absolute Gasteiger partial charge is 0.202 e. The molecule has 32 heavy (non-hydrogen) atoms. The van der Waals surface area contributed by atoms with Crippen LogP contribution >= 0.6 is 11.6 Å². The van der Waals surface area contributed by atoms with Crippen LogP contribution in [-0.4, -0.2) is 43.7 Å². The summed E-state index contributed by atoms with van der Waals surface area (Å²) < 4.78 is 22.1. The molecule has 1 unspecified atom stereocenters. The molecule has 0 radical (unpaired) electrons. The average Bonchev–Trinajstić information content (AvgIpc) is 3.50. The number of benzene rings is 1. The lowest BCUT2D eigenvalue weighted by Crippen LogP contribution is -2.24. The Kier molecular flexibility index (Phi) is 7.50. The standard InChI is InChI=1S/C20H23ClFN3O2.C4H10O/c1-10-6-7-24(8-10)19-15(21)18-14(17(23-3)16(19)22)20(27)13(11(2)26)9-25(18)12-4-5-12;1-4(2)5-3/h9-10,12,23H,4-8H2,1-3H3;4H,1-3H3. The Morgan fingerprint density at radius 3 is 2.38 bits per heavy atom. The summed E-state index contributed by atoms with van der Waals surface area (Å²) in [4.78, 5) is 27.0. The van der Waals surface area contributed by atoms with Crippen LogP contribution in [0.4, 0.5) is 15.8 Å². The number of rotatable bonds is 5. The Balaban J connectivity index is 0.000000523. The zero-order valence-corrected chi connectivity index (χ0v) is 20.5. The number of hydrogen-bond donors (Lipinski definition) is 1. The minimum atomic E-state index is -0.524. The first-order valence-electron chi connectivity index (χ1n) is 11.2. The van der Waals surface area contributed by atoms with Crippen molar-refractivity contribution in [1.82, 2.24) is 4.57 Å². The van der Waals surface area contributed by atoms with E-state index < -0.39 is 11.2 Å². The van der Waals surface area contributed by atoms with Gasteiger partial charge < -0.3 is 19.5 Å². The molecule has 1 aliphatic carbocycles. The first-order valence-corrected chi connectivity index (χ1v) is 11.6. The van der Waals surface area contributed by atoms with Crippen molar-refractivity contribution in [2.45, 2.75) is 59.1 Å². The van der Waals surface area contributed by atoms with E-state index >= 15 is 4.39 Å². The van der Waals surface area contributed by atoms with E-state index in [0.29, 0.717) is 23.2 Å². The normalized spacial score (nSPS) is 18.2. The molecule has 4 rings (SSSR count). The number of Topliss-reactive ketones (excluding diaryl/α,β-unsaturated/α-hetero) is 1. The molecule has 6 nitrogen and oxygen atoms in total. The lowest BCUT2D eigenvalue weighted by atomic mass is 10.0. The van der Waals surface area contributed by atoms with Crippen molar-refractivity contribution in [3.63, 3.8) is 0 Å². The monoisotopic (exact) mass is 465 g/mol. The molecule has 1 N–H and O–H groups in total. The molecule has 8 heteroatoms. The van der Waals surface area contributed by atoms with Crippen molar-refractivity contribution in [3.05, 3.63) is 32.8 Å². The molecule has 176 valence electrons. The van der Waals surface area contributed by atoms with Gasteiger partial charge in [0.15, 0.2) is 11.6 Å². The van der Waals surface area contributed by atoms with E-state index in [1.807, 2.05) is 23.3 Å². The summed E-state index contributed by atoms with van der Waals surface area (Å²) in [5.41, 5.74) is 0.591. The summed E-state index contributed by atoms with van der Waals surface area (Å²) in [5, 5.41) is 3.27. The van der Waals surface area contributed by atoms with Gasteiger partial charge in [-0.25, -0.2) is 4.39 Å². The maximum absolute atomic E-state index is 15.5. The van der Waals surface area contributed by atoms with Crippen LogP contribution in [0.3, 0.4) is 0 Å². The molecule has 1 atom stereocenters. The van der Waals surface area contributed by atoms with Crippen LogP contribution in [0.15, 0.2) is 11.0 Å². The third-order valence-corrected chi connectivity index (χ3v) is 6.47. The third kappa shape index (κ3) is 4.64. The minimum Gasteiger partial charge on any atom is -0.385 e. The lowest BCUT2D eigenvalue weighted by Gasteiger charge is -2.25. The number of carbonyl (C=O) groups excluding carboxylic acids is 1. The SMILES string of the molecule is CNc1c(F)c(N2CCC(C)C2)c(Cl)c2c1c(=O)c(C(C)=O)cn2C1CC1.COC(C)C. The molecular weight excluding hydrogens is 433 g/mol. The van der Waals surface area contributed by atoms with Gasteiger partial charge in [-0.3, -0.25) is 9.59 Å². The third-order valence-electron chi connectivity index (χ3n) is 6.11. The predicted molar refractivity (Wildman–Crippen MR) is 129 cm³/mol. The molecule has 1 saturated carbocycles. The molecule has 0 amide bonds. The molecule has 1 saturated heterocycles. The summed E-state index contributed by atoms with van der Waals surface area (Å²) in [5.74, 6) is -0.392. The van der Waals surface area contributed by atoms with Gasteiger partial charge in [-0.15, -0.1) is 0 Å². The van der Waals surface area contributed by atoms with Crippen molar-refractivity contribution < 1.29 is 13.9 Å². The molecule has 2 heterocycles.